The van der Waals surface area contributed by atoms with E-state index in [1.54, 1.807) is 36.4 Å². The second-order valence-electron chi connectivity index (χ2n) is 16.2. The first-order chi connectivity index (χ1) is 28.9. The molecule has 0 bridgehead atoms. The predicted octanol–water partition coefficient (Wildman–Crippen LogP) is 5.39. The number of carbonyl (C=O) groups excluding carboxylic acids is 6. The Labute approximate surface area is 357 Å². The lowest BCUT2D eigenvalue weighted by molar-refractivity contribution is -0.137. The van der Waals surface area contributed by atoms with Crippen LogP contribution in [0.3, 0.4) is 0 Å². The number of fused-ring (bicyclic) bond motifs is 4. The number of unbranched alkanes of at least 4 members (excludes halogenated alkanes) is 1. The van der Waals surface area contributed by atoms with Crippen molar-refractivity contribution in [1.29, 1.82) is 0 Å². The van der Waals surface area contributed by atoms with Crippen molar-refractivity contribution in [3.05, 3.63) is 98.3 Å². The number of hydrogen-bond acceptors (Lipinski definition) is 7. The first-order valence-electron chi connectivity index (χ1n) is 20.6. The molecule has 4 heterocycles. The third-order valence-corrected chi connectivity index (χ3v) is 13.3. The number of imide groups is 1. The molecule has 312 valence electrons. The minimum absolute atomic E-state index is 0.101. The molecule has 0 aromatic heterocycles. The number of nitrogens with zero attached hydrogens (tertiary/aromatic N) is 1. The van der Waals surface area contributed by atoms with Crippen LogP contribution in [0.4, 0.5) is 10.1 Å². The van der Waals surface area contributed by atoms with Gasteiger partial charge in [-0.3, -0.25) is 39.4 Å². The summed E-state index contributed by atoms with van der Waals surface area (Å²) < 4.78 is 16.1. The van der Waals surface area contributed by atoms with Gasteiger partial charge < -0.3 is 20.9 Å². The van der Waals surface area contributed by atoms with E-state index in [0.29, 0.717) is 66.0 Å². The average Bonchev–Trinajstić information content (AvgIpc) is 3.82. The minimum atomic E-state index is -1.33. The lowest BCUT2D eigenvalue weighted by Gasteiger charge is -2.47. The Bertz CT molecular complexity index is 2360. The van der Waals surface area contributed by atoms with Crippen LogP contribution in [0.2, 0.25) is 10.0 Å². The van der Waals surface area contributed by atoms with E-state index in [0.717, 1.165) is 24.8 Å². The molecule has 4 atom stereocenters. The lowest BCUT2D eigenvalue weighted by Crippen LogP contribution is -2.60. The second kappa shape index (κ2) is 17.0. The molecule has 0 radical (unpaired) electrons. The van der Waals surface area contributed by atoms with E-state index >= 15 is 4.39 Å². The summed E-state index contributed by atoms with van der Waals surface area (Å²) in [6.45, 7) is 0.819. The summed E-state index contributed by atoms with van der Waals surface area (Å²) in [5, 5.41) is 15.2. The molecular weight excluding hydrogens is 810 g/mol. The van der Waals surface area contributed by atoms with Crippen molar-refractivity contribution in [1.82, 2.24) is 26.2 Å². The van der Waals surface area contributed by atoms with Gasteiger partial charge in [0.1, 0.15) is 17.3 Å². The van der Waals surface area contributed by atoms with Gasteiger partial charge in [-0.05, 0) is 79.1 Å². The summed E-state index contributed by atoms with van der Waals surface area (Å²) in [6.07, 6.45) is 5.91. The van der Waals surface area contributed by atoms with E-state index in [4.69, 9.17) is 23.2 Å². The molecule has 6 amide bonds. The van der Waals surface area contributed by atoms with Crippen LogP contribution >= 0.6 is 23.2 Å². The zero-order valence-corrected chi connectivity index (χ0v) is 34.4. The summed E-state index contributed by atoms with van der Waals surface area (Å²) in [6, 6.07) is 13.5. The molecular formula is C45H45Cl2FN6O6. The number of halogens is 3. The van der Waals surface area contributed by atoms with Crippen LogP contribution in [-0.2, 0) is 35.9 Å². The molecule has 1 saturated carbocycles. The van der Waals surface area contributed by atoms with Crippen LogP contribution in [0.1, 0.15) is 109 Å². The molecule has 3 aromatic rings. The molecule has 2 spiro atoms. The van der Waals surface area contributed by atoms with Gasteiger partial charge in [-0.2, -0.15) is 0 Å². The average molecular weight is 856 g/mol. The van der Waals surface area contributed by atoms with Crippen LogP contribution in [0.15, 0.2) is 54.6 Å². The molecule has 3 fully saturated rings. The van der Waals surface area contributed by atoms with E-state index < -0.39 is 46.6 Å². The standard InChI is InChI=1S/C45H45Cl2FN6O6/c46-27-16-17-31-33(24-27)51-43(60)45(31)37(29-13-8-14-32(47)38(29)48)39(53-44(45)20-4-2-5-21-44)41(58)50-23-9-15-35(55)49-22-6-1-3-10-26-11-7-12-28-30(26)25-54(42(28)59)34-18-19-36(56)52-40(34)57/h7-8,11-14,16-17,24,34,37,39,53H,1-2,4-6,9,15,18-23,25H2,(H,49,55)(H,50,58)(H,51,60)(H,52,56,57)/t34?,37-,39+,45+/m0/s1. The van der Waals surface area contributed by atoms with Gasteiger partial charge in [0.2, 0.25) is 29.5 Å². The SMILES string of the molecule is O=C(CCCNC(=O)[C@@H]1NC2(CCCCC2)[C@@]2(C(=O)Nc3cc(Cl)ccc32)[C@H]1c1cccc(Cl)c1F)NCCCC#Cc1cccc2c1CN(C1CCC(=O)NC1=O)C2=O. The van der Waals surface area contributed by atoms with Crippen molar-refractivity contribution in [2.75, 3.05) is 18.4 Å². The molecule has 5 N–H and O–H groups in total. The molecule has 4 aliphatic heterocycles. The summed E-state index contributed by atoms with van der Waals surface area (Å²) in [5.41, 5.74) is 1.17. The highest BCUT2D eigenvalue weighted by Gasteiger charge is 2.72. The maximum atomic E-state index is 16.1. The zero-order chi connectivity index (χ0) is 42.2. The molecule has 12 nitrogen and oxygen atoms in total. The van der Waals surface area contributed by atoms with Crippen molar-refractivity contribution in [3.8, 4) is 11.8 Å². The van der Waals surface area contributed by atoms with Gasteiger partial charge in [-0.15, -0.1) is 0 Å². The smallest absolute Gasteiger partial charge is 0.255 e. The summed E-state index contributed by atoms with van der Waals surface area (Å²) in [4.78, 5) is 80.1. The highest BCUT2D eigenvalue weighted by molar-refractivity contribution is 6.31. The molecule has 8 rings (SSSR count). The minimum Gasteiger partial charge on any atom is -0.356 e. The zero-order valence-electron chi connectivity index (χ0n) is 32.9. The van der Waals surface area contributed by atoms with E-state index in [2.05, 4.69) is 38.4 Å². The highest BCUT2D eigenvalue weighted by Crippen LogP contribution is 2.62. The first kappa shape index (κ1) is 41.4. The monoisotopic (exact) mass is 854 g/mol. The summed E-state index contributed by atoms with van der Waals surface area (Å²) in [7, 11) is 0. The van der Waals surface area contributed by atoms with Gasteiger partial charge in [0.05, 0.1) is 11.1 Å². The van der Waals surface area contributed by atoms with Crippen LogP contribution in [-0.4, -0.2) is 71.1 Å². The van der Waals surface area contributed by atoms with Gasteiger partial charge >= 0.3 is 0 Å². The Morgan fingerprint density at radius 2 is 1.72 bits per heavy atom. The van der Waals surface area contributed by atoms with E-state index in [1.165, 1.54) is 11.0 Å². The number of nitrogens with one attached hydrogen (secondary N) is 5. The normalized spacial score (nSPS) is 23.8. The Kier molecular flexibility index (Phi) is 11.7. The van der Waals surface area contributed by atoms with Crippen LogP contribution < -0.4 is 26.6 Å². The third kappa shape index (κ3) is 7.33. The number of rotatable bonds is 10. The van der Waals surface area contributed by atoms with Gasteiger partial charge in [-0.25, -0.2) is 4.39 Å². The molecule has 5 aliphatic rings. The molecule has 1 aliphatic carbocycles. The number of amides is 6. The van der Waals surface area contributed by atoms with Crippen molar-refractivity contribution in [3.63, 3.8) is 0 Å². The maximum absolute atomic E-state index is 16.1. The highest BCUT2D eigenvalue weighted by atomic mass is 35.5. The van der Waals surface area contributed by atoms with Crippen LogP contribution in [0.25, 0.3) is 0 Å². The van der Waals surface area contributed by atoms with Gasteiger partial charge in [-0.1, -0.05) is 78.6 Å². The predicted molar refractivity (Wildman–Crippen MR) is 223 cm³/mol. The Hall–Kier alpha value is -5.29. The molecule has 60 heavy (non-hydrogen) atoms. The largest absolute Gasteiger partial charge is 0.356 e. The fourth-order valence-electron chi connectivity index (χ4n) is 10.1. The van der Waals surface area contributed by atoms with Crippen molar-refractivity contribution in [2.24, 2.45) is 0 Å². The summed E-state index contributed by atoms with van der Waals surface area (Å²) in [5.74, 6) is 2.70. The second-order valence-corrected chi connectivity index (χ2v) is 17.1. The number of piperidine rings is 1. The number of benzene rings is 3. The van der Waals surface area contributed by atoms with Gasteiger partial charge in [0.15, 0.2) is 0 Å². The van der Waals surface area contributed by atoms with Crippen molar-refractivity contribution in [2.45, 2.75) is 106 Å². The fraction of sp³-hybridized carbons (Fsp3) is 0.422. The molecule has 3 aromatic carbocycles. The maximum Gasteiger partial charge on any atom is 0.255 e. The van der Waals surface area contributed by atoms with Crippen molar-refractivity contribution >= 4 is 64.3 Å². The van der Waals surface area contributed by atoms with E-state index in [1.807, 2.05) is 12.1 Å². The van der Waals surface area contributed by atoms with Crippen LogP contribution in [0.5, 0.6) is 0 Å². The Morgan fingerprint density at radius 3 is 2.52 bits per heavy atom. The Balaban J connectivity index is 0.867. The number of hydrogen-bond donors (Lipinski definition) is 5. The van der Waals surface area contributed by atoms with Gasteiger partial charge in [0.25, 0.3) is 5.91 Å². The van der Waals surface area contributed by atoms with E-state index in [9.17, 15) is 28.8 Å². The van der Waals surface area contributed by atoms with Gasteiger partial charge in [0, 0.05) is 72.2 Å². The lowest BCUT2D eigenvalue weighted by atomic mass is 9.55. The quantitative estimate of drug-likeness (QED) is 0.104. The summed E-state index contributed by atoms with van der Waals surface area (Å²) >= 11 is 12.7. The molecule has 2 saturated heterocycles. The van der Waals surface area contributed by atoms with E-state index in [-0.39, 0.29) is 66.6 Å². The third-order valence-electron chi connectivity index (χ3n) is 12.8. The fourth-order valence-corrected chi connectivity index (χ4v) is 10.5. The topological polar surface area (TPSA) is 166 Å². The first-order valence-corrected chi connectivity index (χ1v) is 21.3. The molecule has 1 unspecified atom stereocenters. The molecule has 15 heteroatoms. The number of anilines is 1. The van der Waals surface area contributed by atoms with Crippen molar-refractivity contribution < 1.29 is 33.2 Å². The van der Waals surface area contributed by atoms with Crippen LogP contribution in [0, 0.1) is 17.7 Å². The Morgan fingerprint density at radius 1 is 0.933 bits per heavy atom. The number of carbonyl (C=O) groups is 6.